The molecule has 26 heavy (non-hydrogen) atoms. The van der Waals surface area contributed by atoms with Crippen molar-refractivity contribution in [1.29, 1.82) is 0 Å². The van der Waals surface area contributed by atoms with Gasteiger partial charge in [0.2, 0.25) is 0 Å². The van der Waals surface area contributed by atoms with Gasteiger partial charge in [0, 0.05) is 36.7 Å². The molecule has 1 heterocycles. The highest BCUT2D eigenvalue weighted by Gasteiger charge is 2.31. The van der Waals surface area contributed by atoms with E-state index in [0.717, 1.165) is 18.9 Å². The van der Waals surface area contributed by atoms with E-state index in [2.05, 4.69) is 73.3 Å². The molecule has 0 aromatic heterocycles. The average molecular weight is 379 g/mol. The van der Waals surface area contributed by atoms with Crippen LogP contribution in [-0.4, -0.2) is 42.6 Å². The molecule has 4 heteroatoms. The summed E-state index contributed by atoms with van der Waals surface area (Å²) in [5, 5.41) is 3.09. The Bertz CT molecular complexity index is 482. The van der Waals surface area contributed by atoms with Crippen LogP contribution in [0.1, 0.15) is 58.4 Å². The molecule has 0 aliphatic carbocycles. The quantitative estimate of drug-likeness (QED) is 0.546. The Morgan fingerprint density at radius 2 is 2.04 bits per heavy atom. The van der Waals surface area contributed by atoms with E-state index in [1.807, 2.05) is 7.11 Å². The molecule has 3 nitrogen and oxygen atoms in total. The zero-order chi connectivity index (χ0) is 18.8. The molecule has 0 unspecified atom stereocenters. The number of thioether (sulfide) groups is 1. The number of hydrazine groups is 1. The van der Waals surface area contributed by atoms with Gasteiger partial charge in [-0.25, -0.2) is 5.01 Å². The van der Waals surface area contributed by atoms with Crippen molar-refractivity contribution in [2.75, 3.05) is 20.3 Å². The maximum atomic E-state index is 5.45. The number of hydrogen-bond acceptors (Lipinski definition) is 4. The number of unbranched alkanes of at least 4 members (excludes halogenated alkanes) is 1. The normalized spacial score (nSPS) is 20.6. The van der Waals surface area contributed by atoms with E-state index in [9.17, 15) is 0 Å². The lowest BCUT2D eigenvalue weighted by atomic mass is 9.99. The molecule has 148 valence electrons. The third-order valence-electron chi connectivity index (χ3n) is 5.28. The number of hydrogen-bond donors (Lipinski definition) is 1. The van der Waals surface area contributed by atoms with Gasteiger partial charge >= 0.3 is 0 Å². The van der Waals surface area contributed by atoms with E-state index in [1.54, 1.807) is 0 Å². The second-order valence-electron chi connectivity index (χ2n) is 7.83. The van der Waals surface area contributed by atoms with Gasteiger partial charge in [0.15, 0.2) is 0 Å². The fourth-order valence-corrected chi connectivity index (χ4v) is 5.24. The zero-order valence-electron chi connectivity index (χ0n) is 17.1. The molecule has 2 rings (SSSR count). The van der Waals surface area contributed by atoms with E-state index >= 15 is 0 Å². The number of rotatable bonds is 12. The average Bonchev–Trinajstić information content (AvgIpc) is 3.07. The van der Waals surface area contributed by atoms with Crippen LogP contribution in [0.15, 0.2) is 30.3 Å². The maximum Gasteiger partial charge on any atom is 0.0632 e. The van der Waals surface area contributed by atoms with Crippen LogP contribution in [0.3, 0.4) is 0 Å². The molecule has 1 saturated heterocycles. The second-order valence-corrected chi connectivity index (χ2v) is 8.99. The van der Waals surface area contributed by atoms with Crippen LogP contribution in [0, 0.1) is 5.92 Å². The summed E-state index contributed by atoms with van der Waals surface area (Å²) >= 11 is 2.12. The van der Waals surface area contributed by atoms with E-state index in [1.165, 1.54) is 37.7 Å². The van der Waals surface area contributed by atoms with Gasteiger partial charge in [-0.05, 0) is 30.7 Å². The highest BCUT2D eigenvalue weighted by Crippen LogP contribution is 2.30. The van der Waals surface area contributed by atoms with Gasteiger partial charge in [0.25, 0.3) is 0 Å². The number of benzene rings is 1. The van der Waals surface area contributed by atoms with Gasteiger partial charge in [-0.1, -0.05) is 63.9 Å². The third-order valence-corrected chi connectivity index (χ3v) is 7.03. The summed E-state index contributed by atoms with van der Waals surface area (Å²) in [6, 6.07) is 11.9. The van der Waals surface area contributed by atoms with Gasteiger partial charge in [0.1, 0.15) is 0 Å². The molecule has 1 aromatic carbocycles. The molecule has 0 saturated carbocycles. The highest BCUT2D eigenvalue weighted by atomic mass is 32.2. The van der Waals surface area contributed by atoms with Crippen molar-refractivity contribution >= 4 is 11.8 Å². The maximum absolute atomic E-state index is 5.45. The van der Waals surface area contributed by atoms with E-state index in [0.29, 0.717) is 23.3 Å². The van der Waals surface area contributed by atoms with Crippen LogP contribution < -0.4 is 5.43 Å². The van der Waals surface area contributed by atoms with Gasteiger partial charge in [0.05, 0.1) is 6.61 Å². The van der Waals surface area contributed by atoms with Crippen molar-refractivity contribution in [1.82, 2.24) is 10.4 Å². The van der Waals surface area contributed by atoms with Gasteiger partial charge in [-0.2, -0.15) is 11.8 Å². The fraction of sp³-hybridized carbons (Fsp3) is 0.727. The van der Waals surface area contributed by atoms with Crippen LogP contribution >= 0.6 is 11.8 Å². The smallest absolute Gasteiger partial charge is 0.0632 e. The van der Waals surface area contributed by atoms with Gasteiger partial charge < -0.3 is 4.74 Å². The minimum atomic E-state index is 0.524. The first-order chi connectivity index (χ1) is 12.7. The molecule has 1 aliphatic heterocycles. The van der Waals surface area contributed by atoms with Crippen molar-refractivity contribution in [2.24, 2.45) is 5.92 Å². The van der Waals surface area contributed by atoms with Crippen LogP contribution in [0.4, 0.5) is 0 Å². The molecule has 0 bridgehead atoms. The lowest BCUT2D eigenvalue weighted by Crippen LogP contribution is -2.53. The molecule has 0 spiro atoms. The SMILES string of the molecule is CCCC[C@@H](NN1CCC[C@H]1COC)[C@@H](SCc1ccccc1)C(C)C. The summed E-state index contributed by atoms with van der Waals surface area (Å²) in [5.74, 6) is 1.75. The Balaban J connectivity index is 2.02. The first kappa shape index (κ1) is 21.7. The summed E-state index contributed by atoms with van der Waals surface area (Å²) in [6.45, 7) is 9.02. The van der Waals surface area contributed by atoms with Crippen molar-refractivity contribution in [3.63, 3.8) is 0 Å². The summed E-state index contributed by atoms with van der Waals surface area (Å²) in [5.41, 5.74) is 5.36. The Hall–Kier alpha value is -0.550. The van der Waals surface area contributed by atoms with Crippen LogP contribution in [0.25, 0.3) is 0 Å². The molecule has 1 fully saturated rings. The molecule has 1 aliphatic rings. The first-order valence-electron chi connectivity index (χ1n) is 10.3. The van der Waals surface area contributed by atoms with Crippen molar-refractivity contribution < 1.29 is 4.74 Å². The van der Waals surface area contributed by atoms with Crippen molar-refractivity contribution in [2.45, 2.75) is 76.0 Å². The largest absolute Gasteiger partial charge is 0.383 e. The van der Waals surface area contributed by atoms with Crippen molar-refractivity contribution in [3.8, 4) is 0 Å². The first-order valence-corrected chi connectivity index (χ1v) is 11.4. The Morgan fingerprint density at radius 1 is 1.27 bits per heavy atom. The summed E-state index contributed by atoms with van der Waals surface area (Å²) in [6.07, 6.45) is 6.30. The lowest BCUT2D eigenvalue weighted by molar-refractivity contribution is 0.0668. The summed E-state index contributed by atoms with van der Waals surface area (Å²) in [4.78, 5) is 0. The number of nitrogens with one attached hydrogen (secondary N) is 1. The monoisotopic (exact) mass is 378 g/mol. The molecule has 3 atom stereocenters. The molecule has 1 aromatic rings. The molecule has 0 radical (unpaired) electrons. The Morgan fingerprint density at radius 3 is 2.69 bits per heavy atom. The highest BCUT2D eigenvalue weighted by molar-refractivity contribution is 7.99. The lowest BCUT2D eigenvalue weighted by Gasteiger charge is -2.36. The minimum Gasteiger partial charge on any atom is -0.383 e. The van der Waals surface area contributed by atoms with Crippen LogP contribution in [0.5, 0.6) is 0 Å². The predicted octanol–water partition coefficient (Wildman–Crippen LogP) is 5.12. The predicted molar refractivity (Wildman–Crippen MR) is 114 cm³/mol. The Labute approximate surface area is 165 Å². The fourth-order valence-electron chi connectivity index (χ4n) is 3.85. The molecule has 0 amide bonds. The third kappa shape index (κ3) is 6.88. The van der Waals surface area contributed by atoms with Crippen LogP contribution in [-0.2, 0) is 10.5 Å². The molecular formula is C22H38N2OS. The zero-order valence-corrected chi connectivity index (χ0v) is 17.9. The summed E-state index contributed by atoms with van der Waals surface area (Å²) in [7, 11) is 1.82. The molecular weight excluding hydrogens is 340 g/mol. The topological polar surface area (TPSA) is 24.5 Å². The second kappa shape index (κ2) is 12.0. The molecule has 1 N–H and O–H groups in total. The Kier molecular flexibility index (Phi) is 10.1. The van der Waals surface area contributed by atoms with E-state index < -0.39 is 0 Å². The number of nitrogens with zero attached hydrogens (tertiary/aromatic N) is 1. The standard InChI is InChI=1S/C22H38N2OS/c1-5-6-14-21(23-24-15-10-13-20(24)16-25-4)22(18(2)3)26-17-19-11-8-7-9-12-19/h7-9,11-12,18,20-23H,5-6,10,13-17H2,1-4H3/t20-,21+,22-/m0/s1. The summed E-state index contributed by atoms with van der Waals surface area (Å²) < 4.78 is 5.45. The van der Waals surface area contributed by atoms with Crippen molar-refractivity contribution in [3.05, 3.63) is 35.9 Å². The number of methoxy groups -OCH3 is 1. The van der Waals surface area contributed by atoms with E-state index in [4.69, 9.17) is 4.74 Å². The van der Waals surface area contributed by atoms with Gasteiger partial charge in [-0.15, -0.1) is 0 Å². The van der Waals surface area contributed by atoms with Gasteiger partial charge in [-0.3, -0.25) is 5.43 Å². The van der Waals surface area contributed by atoms with E-state index in [-0.39, 0.29) is 0 Å². The number of ether oxygens (including phenoxy) is 1. The van der Waals surface area contributed by atoms with Crippen LogP contribution in [0.2, 0.25) is 0 Å². The minimum absolute atomic E-state index is 0.524.